The lowest BCUT2D eigenvalue weighted by atomic mass is 9.90. The van der Waals surface area contributed by atoms with E-state index in [1.165, 1.54) is 22.3 Å². The van der Waals surface area contributed by atoms with Gasteiger partial charge in [-0.05, 0) is 91.1 Å². The van der Waals surface area contributed by atoms with E-state index in [0.717, 1.165) is 39.0 Å². The molecule has 5 heteroatoms. The molecule has 0 amide bonds. The van der Waals surface area contributed by atoms with Crippen molar-refractivity contribution in [2.24, 2.45) is 7.05 Å². The number of pyridine rings is 2. The van der Waals surface area contributed by atoms with Crippen LogP contribution in [0.2, 0.25) is 0 Å². The van der Waals surface area contributed by atoms with Crippen LogP contribution in [0.5, 0.6) is 5.75 Å². The maximum atomic E-state index is 10.5. The summed E-state index contributed by atoms with van der Waals surface area (Å²) in [6, 6.07) is 24.3. The molecule has 0 aliphatic heterocycles. The van der Waals surface area contributed by atoms with E-state index in [1.807, 2.05) is 66.6 Å². The number of hydrogen-bond acceptors (Lipinski definition) is 4. The highest BCUT2D eigenvalue weighted by atomic mass is 16.3. The lowest BCUT2D eigenvalue weighted by molar-refractivity contribution is 0.476. The van der Waals surface area contributed by atoms with E-state index in [2.05, 4.69) is 61.1 Å². The van der Waals surface area contributed by atoms with Crippen molar-refractivity contribution in [1.29, 1.82) is 0 Å². The first-order chi connectivity index (χ1) is 18.4. The number of phenolic OH excluding ortho intramolecular Hbond substituents is 1. The highest BCUT2D eigenvalue weighted by Crippen LogP contribution is 2.38. The third-order valence-electron chi connectivity index (χ3n) is 7.11. The topological polar surface area (TPSA) is 63.8 Å². The first kappa shape index (κ1) is 23.6. The van der Waals surface area contributed by atoms with E-state index in [9.17, 15) is 5.11 Å². The van der Waals surface area contributed by atoms with Gasteiger partial charge in [-0.3, -0.25) is 9.97 Å². The lowest BCUT2D eigenvalue weighted by Crippen LogP contribution is -1.94. The molecule has 3 heterocycles. The van der Waals surface area contributed by atoms with Crippen molar-refractivity contribution in [3.63, 3.8) is 0 Å². The first-order valence-corrected chi connectivity index (χ1v) is 12.6. The molecular weight excluding hydrogens is 468 g/mol. The number of aromatic hydroxyl groups is 1. The van der Waals surface area contributed by atoms with Crippen molar-refractivity contribution in [1.82, 2.24) is 19.5 Å². The Morgan fingerprint density at radius 3 is 2.18 bits per heavy atom. The number of para-hydroxylation sites is 1. The molecule has 0 aliphatic carbocycles. The highest BCUT2D eigenvalue weighted by Gasteiger charge is 2.18. The van der Waals surface area contributed by atoms with Crippen molar-refractivity contribution in [2.75, 3.05) is 0 Å². The van der Waals surface area contributed by atoms with Gasteiger partial charge >= 0.3 is 0 Å². The molecule has 0 spiro atoms. The van der Waals surface area contributed by atoms with Gasteiger partial charge in [-0.25, -0.2) is 4.98 Å². The van der Waals surface area contributed by atoms with Crippen LogP contribution in [0, 0.1) is 20.8 Å². The summed E-state index contributed by atoms with van der Waals surface area (Å²) < 4.78 is 1.98. The quantitative estimate of drug-likeness (QED) is 0.272. The van der Waals surface area contributed by atoms with Gasteiger partial charge in [0.25, 0.3) is 0 Å². The number of aromatic nitrogens is 4. The van der Waals surface area contributed by atoms with Gasteiger partial charge in [0.1, 0.15) is 17.1 Å². The summed E-state index contributed by atoms with van der Waals surface area (Å²) in [6.45, 7) is 6.47. The Bertz CT molecular complexity index is 1800. The van der Waals surface area contributed by atoms with Gasteiger partial charge < -0.3 is 9.67 Å². The second-order valence-electron chi connectivity index (χ2n) is 9.85. The van der Waals surface area contributed by atoms with Gasteiger partial charge in [-0.1, -0.05) is 35.9 Å². The van der Waals surface area contributed by atoms with Gasteiger partial charge in [-0.15, -0.1) is 0 Å². The Kier molecular flexibility index (Phi) is 5.76. The van der Waals surface area contributed by atoms with Gasteiger partial charge in [0.05, 0.1) is 23.0 Å². The smallest absolute Gasteiger partial charge is 0.144 e. The van der Waals surface area contributed by atoms with E-state index >= 15 is 0 Å². The number of rotatable bonds is 4. The van der Waals surface area contributed by atoms with E-state index in [-0.39, 0.29) is 5.75 Å². The van der Waals surface area contributed by atoms with Crippen LogP contribution in [-0.4, -0.2) is 24.6 Å². The van der Waals surface area contributed by atoms with Crippen LogP contribution in [0.4, 0.5) is 0 Å². The Labute approximate surface area is 222 Å². The molecule has 1 N–H and O–H groups in total. The third kappa shape index (κ3) is 4.02. The summed E-state index contributed by atoms with van der Waals surface area (Å²) in [7, 11) is 1.96. The average Bonchev–Trinajstić information content (AvgIpc) is 3.25. The van der Waals surface area contributed by atoms with E-state index < -0.39 is 0 Å². The van der Waals surface area contributed by atoms with Gasteiger partial charge in [0.15, 0.2) is 0 Å². The molecule has 6 rings (SSSR count). The van der Waals surface area contributed by atoms with E-state index in [4.69, 9.17) is 4.98 Å². The molecule has 0 fully saturated rings. The summed E-state index contributed by atoms with van der Waals surface area (Å²) in [5.41, 5.74) is 12.4. The molecule has 38 heavy (non-hydrogen) atoms. The zero-order chi connectivity index (χ0) is 26.4. The summed E-state index contributed by atoms with van der Waals surface area (Å²) in [5, 5.41) is 10.5. The lowest BCUT2D eigenvalue weighted by Gasteiger charge is -2.15. The molecule has 0 saturated carbocycles. The molecule has 0 bridgehead atoms. The summed E-state index contributed by atoms with van der Waals surface area (Å²) >= 11 is 0. The van der Waals surface area contributed by atoms with Gasteiger partial charge in [-0.2, -0.15) is 0 Å². The fourth-order valence-electron chi connectivity index (χ4n) is 5.46. The molecular formula is C33H28N4O. The van der Waals surface area contributed by atoms with Gasteiger partial charge in [0.2, 0.25) is 0 Å². The molecule has 3 aromatic carbocycles. The Morgan fingerprint density at radius 2 is 1.45 bits per heavy atom. The van der Waals surface area contributed by atoms with Gasteiger partial charge in [0, 0.05) is 30.6 Å². The van der Waals surface area contributed by atoms with Crippen LogP contribution >= 0.6 is 0 Å². The SMILES string of the molecule is Cc1cc(C)c(-c2cc(-c3ccccn3)cc(-c3cncc4c3nc(-c3ccccc3O)n4C)c2)c(C)c1. The number of hydrogen-bond donors (Lipinski definition) is 1. The summed E-state index contributed by atoms with van der Waals surface area (Å²) in [5.74, 6) is 0.892. The second kappa shape index (κ2) is 9.27. The monoisotopic (exact) mass is 496 g/mol. The van der Waals surface area contributed by atoms with E-state index in [0.29, 0.717) is 11.4 Å². The largest absolute Gasteiger partial charge is 0.507 e. The predicted octanol–water partition coefficient (Wildman–Crippen LogP) is 7.66. The molecule has 3 aromatic heterocycles. The van der Waals surface area contributed by atoms with Crippen molar-refractivity contribution in [2.45, 2.75) is 20.8 Å². The van der Waals surface area contributed by atoms with Crippen molar-refractivity contribution < 1.29 is 5.11 Å². The van der Waals surface area contributed by atoms with Crippen LogP contribution in [-0.2, 0) is 7.05 Å². The van der Waals surface area contributed by atoms with Crippen LogP contribution < -0.4 is 0 Å². The normalized spacial score (nSPS) is 11.3. The Morgan fingerprint density at radius 1 is 0.737 bits per heavy atom. The number of nitrogens with zero attached hydrogens (tertiary/aromatic N) is 4. The Balaban J connectivity index is 1.62. The third-order valence-corrected chi connectivity index (χ3v) is 7.11. The maximum absolute atomic E-state index is 10.5. The fraction of sp³-hybridized carbons (Fsp3) is 0.121. The average molecular weight is 497 g/mol. The predicted molar refractivity (Wildman–Crippen MR) is 154 cm³/mol. The number of benzene rings is 3. The summed E-state index contributed by atoms with van der Waals surface area (Å²) in [6.07, 6.45) is 5.52. The minimum absolute atomic E-state index is 0.199. The molecule has 186 valence electrons. The van der Waals surface area contributed by atoms with E-state index in [1.54, 1.807) is 6.07 Å². The molecule has 6 aromatic rings. The second-order valence-corrected chi connectivity index (χ2v) is 9.85. The molecule has 0 aliphatic rings. The Hall–Kier alpha value is -4.77. The number of phenols is 1. The molecule has 0 atom stereocenters. The molecule has 0 unspecified atom stereocenters. The standard InChI is InChI=1S/C33H28N4O/c1-20-13-21(2)31(22(3)14-20)25-16-23(15-24(17-25)28-10-7-8-12-35-28)27-18-34-19-29-32(27)36-33(37(29)4)26-9-5-6-11-30(26)38/h5-19,38H,1-4H3. The van der Waals surface area contributed by atoms with Crippen LogP contribution in [0.1, 0.15) is 16.7 Å². The minimum Gasteiger partial charge on any atom is -0.507 e. The van der Waals surface area contributed by atoms with Crippen molar-refractivity contribution in [3.05, 3.63) is 108 Å². The zero-order valence-electron chi connectivity index (χ0n) is 21.9. The zero-order valence-corrected chi connectivity index (χ0v) is 21.9. The molecule has 5 nitrogen and oxygen atoms in total. The molecule has 0 saturated heterocycles. The van der Waals surface area contributed by atoms with Crippen molar-refractivity contribution in [3.8, 4) is 50.6 Å². The number of aryl methyl sites for hydroxylation is 4. The van der Waals surface area contributed by atoms with Crippen LogP contribution in [0.15, 0.2) is 91.4 Å². The van der Waals surface area contributed by atoms with Crippen LogP contribution in [0.3, 0.4) is 0 Å². The first-order valence-electron chi connectivity index (χ1n) is 12.6. The highest BCUT2D eigenvalue weighted by molar-refractivity contribution is 5.96. The fourth-order valence-corrected chi connectivity index (χ4v) is 5.46. The molecule has 0 radical (unpaired) electrons. The number of fused-ring (bicyclic) bond motifs is 1. The van der Waals surface area contributed by atoms with Crippen LogP contribution in [0.25, 0.3) is 55.9 Å². The number of imidazole rings is 1. The summed E-state index contributed by atoms with van der Waals surface area (Å²) in [4.78, 5) is 14.3. The minimum atomic E-state index is 0.199. The van der Waals surface area contributed by atoms with Crippen molar-refractivity contribution >= 4 is 11.0 Å². The maximum Gasteiger partial charge on any atom is 0.144 e.